The summed E-state index contributed by atoms with van der Waals surface area (Å²) < 4.78 is 0. The van der Waals surface area contributed by atoms with Gasteiger partial charge in [-0.15, -0.1) is 0 Å². The van der Waals surface area contributed by atoms with Crippen molar-refractivity contribution in [2.75, 3.05) is 18.4 Å². The third-order valence-corrected chi connectivity index (χ3v) is 2.12. The lowest BCUT2D eigenvalue weighted by Crippen LogP contribution is -2.12. The van der Waals surface area contributed by atoms with E-state index < -0.39 is 0 Å². The number of aromatic nitrogens is 2. The van der Waals surface area contributed by atoms with Crippen molar-refractivity contribution in [2.45, 2.75) is 33.6 Å². The van der Waals surface area contributed by atoms with Crippen LogP contribution in [-0.4, -0.2) is 23.1 Å². The minimum atomic E-state index is 0.253. The third kappa shape index (κ3) is 5.07. The molecule has 0 saturated carbocycles. The second-order valence-electron chi connectivity index (χ2n) is 5.20. The summed E-state index contributed by atoms with van der Waals surface area (Å²) in [4.78, 5) is 8.46. The summed E-state index contributed by atoms with van der Waals surface area (Å²) in [6, 6.07) is 2.02. The highest BCUT2D eigenvalue weighted by atomic mass is 15.0. The molecule has 1 aromatic heterocycles. The van der Waals surface area contributed by atoms with Crippen molar-refractivity contribution in [3.63, 3.8) is 0 Å². The number of hydrogen-bond acceptors (Lipinski definition) is 4. The Morgan fingerprint density at radius 2 is 2.06 bits per heavy atom. The highest BCUT2D eigenvalue weighted by Gasteiger charge is 2.12. The molecule has 0 amide bonds. The maximum atomic E-state index is 5.43. The van der Waals surface area contributed by atoms with Gasteiger partial charge in [0.25, 0.3) is 0 Å². The number of nitrogens with one attached hydrogen (secondary N) is 1. The van der Waals surface area contributed by atoms with Crippen LogP contribution in [0.1, 0.15) is 32.9 Å². The average molecular weight is 222 g/mol. The summed E-state index contributed by atoms with van der Waals surface area (Å²) in [6.45, 7) is 8.18. The van der Waals surface area contributed by atoms with Gasteiger partial charge in [0.15, 0.2) is 0 Å². The molecule has 0 aliphatic carbocycles. The quantitative estimate of drug-likeness (QED) is 0.746. The third-order valence-electron chi connectivity index (χ3n) is 2.12. The van der Waals surface area contributed by atoms with Crippen LogP contribution in [0.15, 0.2) is 12.4 Å². The Balaban J connectivity index is 2.57. The van der Waals surface area contributed by atoms with Crippen molar-refractivity contribution < 1.29 is 0 Å². The Bertz CT molecular complexity index is 317. The molecule has 90 valence electrons. The molecule has 0 aliphatic heterocycles. The van der Waals surface area contributed by atoms with Gasteiger partial charge < -0.3 is 11.1 Å². The first-order valence-corrected chi connectivity index (χ1v) is 5.76. The van der Waals surface area contributed by atoms with Crippen LogP contribution < -0.4 is 11.1 Å². The van der Waals surface area contributed by atoms with Gasteiger partial charge in [0.2, 0.25) is 0 Å². The van der Waals surface area contributed by atoms with Crippen molar-refractivity contribution in [3.8, 4) is 0 Å². The molecule has 0 aliphatic rings. The molecular formula is C12H22N4. The van der Waals surface area contributed by atoms with Crippen LogP contribution in [0.5, 0.6) is 0 Å². The number of anilines is 1. The summed E-state index contributed by atoms with van der Waals surface area (Å²) in [5, 5.41) is 3.24. The molecule has 1 heterocycles. The van der Waals surface area contributed by atoms with Crippen LogP contribution in [-0.2, 0) is 6.42 Å². The Kier molecular flexibility index (Phi) is 4.68. The van der Waals surface area contributed by atoms with Crippen molar-refractivity contribution in [1.82, 2.24) is 9.97 Å². The van der Waals surface area contributed by atoms with Crippen LogP contribution in [0.3, 0.4) is 0 Å². The van der Waals surface area contributed by atoms with Gasteiger partial charge in [-0.05, 0) is 24.8 Å². The van der Waals surface area contributed by atoms with E-state index in [9.17, 15) is 0 Å². The maximum Gasteiger partial charge on any atom is 0.129 e. The fraction of sp³-hybridized carbons (Fsp3) is 0.667. The zero-order valence-corrected chi connectivity index (χ0v) is 10.5. The Hall–Kier alpha value is -1.16. The molecule has 0 aromatic carbocycles. The van der Waals surface area contributed by atoms with E-state index in [2.05, 4.69) is 36.1 Å². The Labute approximate surface area is 97.7 Å². The summed E-state index contributed by atoms with van der Waals surface area (Å²) in [5.41, 5.74) is 6.77. The molecule has 0 bridgehead atoms. The second kappa shape index (κ2) is 5.80. The molecule has 0 atom stereocenters. The van der Waals surface area contributed by atoms with Gasteiger partial charge in [0.1, 0.15) is 12.1 Å². The lowest BCUT2D eigenvalue weighted by molar-refractivity contribution is 0.406. The van der Waals surface area contributed by atoms with E-state index in [0.717, 1.165) is 30.9 Å². The fourth-order valence-electron chi connectivity index (χ4n) is 1.45. The first-order chi connectivity index (χ1) is 7.51. The molecule has 4 nitrogen and oxygen atoms in total. The van der Waals surface area contributed by atoms with Gasteiger partial charge in [-0.3, -0.25) is 0 Å². The predicted octanol–water partition coefficient (Wildman–Crippen LogP) is 1.83. The highest BCUT2D eigenvalue weighted by Crippen LogP contribution is 2.19. The molecular weight excluding hydrogens is 200 g/mol. The monoisotopic (exact) mass is 222 g/mol. The largest absolute Gasteiger partial charge is 0.370 e. The van der Waals surface area contributed by atoms with E-state index in [1.165, 1.54) is 0 Å². The molecule has 1 rings (SSSR count). The van der Waals surface area contributed by atoms with Gasteiger partial charge in [0.05, 0.1) is 0 Å². The summed E-state index contributed by atoms with van der Waals surface area (Å²) in [5.74, 6) is 0.891. The van der Waals surface area contributed by atoms with E-state index in [0.29, 0.717) is 6.54 Å². The SMILES string of the molecule is CC(C)(C)Cc1cc(NCCCN)ncn1. The molecule has 0 spiro atoms. The summed E-state index contributed by atoms with van der Waals surface area (Å²) in [7, 11) is 0. The topological polar surface area (TPSA) is 63.8 Å². The average Bonchev–Trinajstić information content (AvgIpc) is 2.16. The van der Waals surface area contributed by atoms with E-state index >= 15 is 0 Å². The zero-order chi connectivity index (χ0) is 12.0. The predicted molar refractivity (Wildman–Crippen MR) is 67.4 cm³/mol. The van der Waals surface area contributed by atoms with Crippen molar-refractivity contribution in [3.05, 3.63) is 18.1 Å². The van der Waals surface area contributed by atoms with E-state index in [-0.39, 0.29) is 5.41 Å². The zero-order valence-electron chi connectivity index (χ0n) is 10.5. The van der Waals surface area contributed by atoms with Crippen LogP contribution in [0.4, 0.5) is 5.82 Å². The number of nitrogens with two attached hydrogens (primary N) is 1. The van der Waals surface area contributed by atoms with Crippen LogP contribution in [0.25, 0.3) is 0 Å². The molecule has 0 fully saturated rings. The Morgan fingerprint density at radius 3 is 2.69 bits per heavy atom. The molecule has 0 unspecified atom stereocenters. The van der Waals surface area contributed by atoms with Gasteiger partial charge in [-0.2, -0.15) is 0 Å². The summed E-state index contributed by atoms with van der Waals surface area (Å²) >= 11 is 0. The lowest BCUT2D eigenvalue weighted by atomic mass is 9.90. The van der Waals surface area contributed by atoms with E-state index in [4.69, 9.17) is 5.73 Å². The van der Waals surface area contributed by atoms with E-state index in [1.54, 1.807) is 6.33 Å². The van der Waals surface area contributed by atoms with Gasteiger partial charge in [0, 0.05) is 18.3 Å². The summed E-state index contributed by atoms with van der Waals surface area (Å²) in [6.07, 6.45) is 3.53. The molecule has 1 aromatic rings. The number of rotatable bonds is 5. The van der Waals surface area contributed by atoms with Gasteiger partial charge in [-0.25, -0.2) is 9.97 Å². The highest BCUT2D eigenvalue weighted by molar-refractivity contribution is 5.34. The molecule has 0 radical (unpaired) electrons. The molecule has 4 heteroatoms. The normalized spacial score (nSPS) is 11.5. The van der Waals surface area contributed by atoms with Gasteiger partial charge >= 0.3 is 0 Å². The molecule has 0 saturated heterocycles. The smallest absolute Gasteiger partial charge is 0.129 e. The standard InChI is InChI=1S/C12H22N4/c1-12(2,3)8-10-7-11(16-9-15-10)14-6-4-5-13/h7,9H,4-6,8,13H2,1-3H3,(H,14,15,16). The number of nitrogens with zero attached hydrogens (tertiary/aromatic N) is 2. The first-order valence-electron chi connectivity index (χ1n) is 5.76. The van der Waals surface area contributed by atoms with Crippen LogP contribution in [0.2, 0.25) is 0 Å². The lowest BCUT2D eigenvalue weighted by Gasteiger charge is -2.17. The van der Waals surface area contributed by atoms with Crippen molar-refractivity contribution in [1.29, 1.82) is 0 Å². The van der Waals surface area contributed by atoms with E-state index in [1.807, 2.05) is 6.07 Å². The molecule has 3 N–H and O–H groups in total. The fourth-order valence-corrected chi connectivity index (χ4v) is 1.45. The minimum Gasteiger partial charge on any atom is -0.370 e. The molecule has 16 heavy (non-hydrogen) atoms. The van der Waals surface area contributed by atoms with Crippen molar-refractivity contribution >= 4 is 5.82 Å². The van der Waals surface area contributed by atoms with Crippen LogP contribution in [0, 0.1) is 5.41 Å². The maximum absolute atomic E-state index is 5.43. The van der Waals surface area contributed by atoms with Gasteiger partial charge in [-0.1, -0.05) is 20.8 Å². The van der Waals surface area contributed by atoms with Crippen molar-refractivity contribution in [2.24, 2.45) is 11.1 Å². The second-order valence-corrected chi connectivity index (χ2v) is 5.20. The Morgan fingerprint density at radius 1 is 1.31 bits per heavy atom. The minimum absolute atomic E-state index is 0.253. The number of hydrogen-bond donors (Lipinski definition) is 2. The first kappa shape index (κ1) is 12.9. The van der Waals surface area contributed by atoms with Crippen LogP contribution >= 0.6 is 0 Å².